The molecular formula is C14H20N2. The molecule has 0 aliphatic heterocycles. The van der Waals surface area contributed by atoms with Gasteiger partial charge in [0.1, 0.15) is 0 Å². The predicted octanol–water partition coefficient (Wildman–Crippen LogP) is 3.09. The normalized spacial score (nSPS) is 14.3. The molecule has 2 N–H and O–H groups in total. The van der Waals surface area contributed by atoms with Crippen LogP contribution in [0.5, 0.6) is 0 Å². The van der Waals surface area contributed by atoms with Gasteiger partial charge in [0.25, 0.3) is 0 Å². The van der Waals surface area contributed by atoms with E-state index >= 15 is 0 Å². The summed E-state index contributed by atoms with van der Waals surface area (Å²) in [5.74, 6) is 0.583. The summed E-state index contributed by atoms with van der Waals surface area (Å²) in [6.45, 7) is 4.44. The molecule has 0 aliphatic carbocycles. The first-order valence-corrected chi connectivity index (χ1v) is 5.68. The maximum Gasteiger partial charge on any atom is 0.0657 e. The van der Waals surface area contributed by atoms with Crippen LogP contribution >= 0.6 is 0 Å². The Balaban J connectivity index is 3.06. The monoisotopic (exact) mass is 216 g/mol. The third kappa shape index (κ3) is 2.96. The average Bonchev–Trinajstić information content (AvgIpc) is 2.35. The molecule has 2 nitrogen and oxygen atoms in total. The molecule has 0 heterocycles. The minimum atomic E-state index is 0.583. The number of aliphatic imine (C=N–C) groups is 1. The summed E-state index contributed by atoms with van der Waals surface area (Å²) in [5.41, 5.74) is 8.81. The van der Waals surface area contributed by atoms with Crippen molar-refractivity contribution in [1.82, 2.24) is 0 Å². The van der Waals surface area contributed by atoms with Crippen molar-refractivity contribution < 1.29 is 0 Å². The zero-order valence-electron chi connectivity index (χ0n) is 10.3. The second-order valence-corrected chi connectivity index (χ2v) is 3.90. The highest BCUT2D eigenvalue weighted by Crippen LogP contribution is 2.19. The molecule has 0 aromatic heterocycles. The molecule has 2 heteroatoms. The lowest BCUT2D eigenvalue weighted by atomic mass is 9.95. The van der Waals surface area contributed by atoms with Crippen LogP contribution in [-0.4, -0.2) is 12.8 Å². The van der Waals surface area contributed by atoms with E-state index < -0.39 is 0 Å². The van der Waals surface area contributed by atoms with Gasteiger partial charge in [0.05, 0.1) is 5.71 Å². The maximum atomic E-state index is 5.40. The van der Waals surface area contributed by atoms with Crippen molar-refractivity contribution >= 4 is 5.71 Å². The van der Waals surface area contributed by atoms with Crippen LogP contribution in [0.1, 0.15) is 37.3 Å². The highest BCUT2D eigenvalue weighted by atomic mass is 14.7. The Morgan fingerprint density at radius 2 is 2.25 bits per heavy atom. The second-order valence-electron chi connectivity index (χ2n) is 3.90. The van der Waals surface area contributed by atoms with Gasteiger partial charge in [-0.25, -0.2) is 0 Å². The van der Waals surface area contributed by atoms with Crippen molar-refractivity contribution in [2.45, 2.75) is 26.2 Å². The molecule has 0 amide bonds. The van der Waals surface area contributed by atoms with Gasteiger partial charge in [-0.2, -0.15) is 0 Å². The molecule has 0 spiro atoms. The molecule has 0 aliphatic rings. The molecular weight excluding hydrogens is 196 g/mol. The molecule has 1 unspecified atom stereocenters. The van der Waals surface area contributed by atoms with Crippen LogP contribution in [0.2, 0.25) is 0 Å². The zero-order valence-corrected chi connectivity index (χ0v) is 10.3. The van der Waals surface area contributed by atoms with Crippen LogP contribution in [0.4, 0.5) is 0 Å². The minimum Gasteiger partial charge on any atom is -0.405 e. The number of hydrogen-bond acceptors (Lipinski definition) is 2. The lowest BCUT2D eigenvalue weighted by molar-refractivity contribution is 0.733. The summed E-state index contributed by atoms with van der Waals surface area (Å²) in [6, 6.07) is 8.49. The van der Waals surface area contributed by atoms with E-state index in [1.165, 1.54) is 11.8 Å². The Morgan fingerprint density at radius 3 is 2.81 bits per heavy atom. The Labute approximate surface area is 97.9 Å². The van der Waals surface area contributed by atoms with Crippen molar-refractivity contribution in [3.8, 4) is 0 Å². The molecule has 0 saturated heterocycles. The van der Waals surface area contributed by atoms with E-state index in [0.29, 0.717) is 5.92 Å². The van der Waals surface area contributed by atoms with E-state index in [-0.39, 0.29) is 0 Å². The van der Waals surface area contributed by atoms with Gasteiger partial charge in [-0.1, -0.05) is 32.0 Å². The van der Waals surface area contributed by atoms with E-state index in [0.717, 1.165) is 17.7 Å². The highest BCUT2D eigenvalue weighted by Gasteiger charge is 2.05. The number of hydrogen-bond donors (Lipinski definition) is 1. The van der Waals surface area contributed by atoms with E-state index in [1.807, 2.05) is 6.08 Å². The molecule has 0 saturated carbocycles. The molecule has 1 atom stereocenters. The fourth-order valence-electron chi connectivity index (χ4n) is 1.63. The summed E-state index contributed by atoms with van der Waals surface area (Å²) in [5, 5.41) is 0. The molecule has 1 rings (SSSR count). The van der Waals surface area contributed by atoms with Gasteiger partial charge in [0.2, 0.25) is 0 Å². The van der Waals surface area contributed by atoms with Crippen molar-refractivity contribution in [3.05, 3.63) is 47.7 Å². The predicted molar refractivity (Wildman–Crippen MR) is 70.9 cm³/mol. The molecule has 1 aromatic carbocycles. The standard InChI is InChI=1S/C14H20N2/c1-4-11(2)12-6-5-7-13(10-12)14(16-3)8-9-15/h5-11H,4,15H2,1-3H3. The van der Waals surface area contributed by atoms with Crippen molar-refractivity contribution in [3.63, 3.8) is 0 Å². The lowest BCUT2D eigenvalue weighted by Gasteiger charge is -2.10. The third-order valence-electron chi connectivity index (χ3n) is 2.86. The van der Waals surface area contributed by atoms with E-state index in [2.05, 4.69) is 43.1 Å². The van der Waals surface area contributed by atoms with Gasteiger partial charge in [0.15, 0.2) is 0 Å². The topological polar surface area (TPSA) is 38.4 Å². The summed E-state index contributed by atoms with van der Waals surface area (Å²) in [4.78, 5) is 4.22. The Bertz CT molecular complexity index is 391. The first-order chi connectivity index (χ1) is 7.72. The molecule has 86 valence electrons. The van der Waals surface area contributed by atoms with Crippen LogP contribution < -0.4 is 5.73 Å². The van der Waals surface area contributed by atoms with Crippen molar-refractivity contribution in [2.75, 3.05) is 7.05 Å². The third-order valence-corrected chi connectivity index (χ3v) is 2.86. The molecule has 1 aromatic rings. The van der Waals surface area contributed by atoms with Gasteiger partial charge in [-0.3, -0.25) is 4.99 Å². The second kappa shape index (κ2) is 6.11. The summed E-state index contributed by atoms with van der Waals surface area (Å²) in [6.07, 6.45) is 4.50. The molecule has 16 heavy (non-hydrogen) atoms. The summed E-state index contributed by atoms with van der Waals surface area (Å²) >= 11 is 0. The lowest BCUT2D eigenvalue weighted by Crippen LogP contribution is -2.00. The molecule has 0 bridgehead atoms. The SMILES string of the molecule is CCC(C)c1cccc(C(C=CN)=NC)c1. The van der Waals surface area contributed by atoms with Crippen LogP contribution in [0.3, 0.4) is 0 Å². The first-order valence-electron chi connectivity index (χ1n) is 5.68. The van der Waals surface area contributed by atoms with Crippen LogP contribution in [0.25, 0.3) is 0 Å². The quantitative estimate of drug-likeness (QED) is 0.772. The van der Waals surface area contributed by atoms with E-state index in [4.69, 9.17) is 5.73 Å². The van der Waals surface area contributed by atoms with Gasteiger partial charge in [-0.15, -0.1) is 0 Å². The fraction of sp³-hybridized carbons (Fsp3) is 0.357. The average molecular weight is 216 g/mol. The number of nitrogens with two attached hydrogens (primary N) is 1. The van der Waals surface area contributed by atoms with Crippen LogP contribution in [0.15, 0.2) is 41.5 Å². The van der Waals surface area contributed by atoms with Crippen molar-refractivity contribution in [2.24, 2.45) is 10.7 Å². The number of nitrogens with zero attached hydrogens (tertiary/aromatic N) is 1. The fourth-order valence-corrected chi connectivity index (χ4v) is 1.63. The number of benzene rings is 1. The molecule has 0 fully saturated rings. The van der Waals surface area contributed by atoms with Gasteiger partial charge < -0.3 is 5.73 Å². The smallest absolute Gasteiger partial charge is 0.0657 e. The first kappa shape index (κ1) is 12.5. The Kier molecular flexibility index (Phi) is 4.77. The largest absolute Gasteiger partial charge is 0.405 e. The van der Waals surface area contributed by atoms with Crippen LogP contribution in [-0.2, 0) is 0 Å². The Morgan fingerprint density at radius 1 is 1.50 bits per heavy atom. The Hall–Kier alpha value is -1.57. The van der Waals surface area contributed by atoms with Gasteiger partial charge in [-0.05, 0) is 41.8 Å². The summed E-state index contributed by atoms with van der Waals surface area (Å²) < 4.78 is 0. The van der Waals surface area contributed by atoms with E-state index in [9.17, 15) is 0 Å². The minimum absolute atomic E-state index is 0.583. The highest BCUT2D eigenvalue weighted by molar-refractivity contribution is 6.08. The van der Waals surface area contributed by atoms with E-state index in [1.54, 1.807) is 7.05 Å². The number of allylic oxidation sites excluding steroid dienone is 1. The summed E-state index contributed by atoms with van der Waals surface area (Å²) in [7, 11) is 1.78. The van der Waals surface area contributed by atoms with Crippen molar-refractivity contribution in [1.29, 1.82) is 0 Å². The van der Waals surface area contributed by atoms with Gasteiger partial charge >= 0.3 is 0 Å². The zero-order chi connectivity index (χ0) is 12.0. The van der Waals surface area contributed by atoms with Crippen LogP contribution in [0, 0.1) is 0 Å². The maximum absolute atomic E-state index is 5.40. The molecule has 0 radical (unpaired) electrons. The number of rotatable bonds is 4. The van der Waals surface area contributed by atoms with Gasteiger partial charge in [0, 0.05) is 7.05 Å².